The fraction of sp³-hybridized carbons (Fsp3) is 0.310. The first-order chi connectivity index (χ1) is 16.2. The fourth-order valence-electron chi connectivity index (χ4n) is 6.32. The first kappa shape index (κ1) is 20.5. The molecule has 0 saturated carbocycles. The highest BCUT2D eigenvalue weighted by atomic mass is 15.1. The molecule has 3 heterocycles. The number of aryl methyl sites for hydroxylation is 1. The topological polar surface area (TPSA) is 47.9 Å². The Kier molecular flexibility index (Phi) is 4.82. The molecule has 3 aromatic carbocycles. The standard InChI is InChI=1S/C29H32N4/c1-4-19-16-18(30)14-15-32-24-12-8-6-10-21(24)26-20(5-2)23(17-31-3)27-22-11-7-9-13-25(22)33(19)29(27)28(26)32/h5-13,18-19,31H,2,4,14-17,30H2,1,3H3. The molecule has 6 rings (SSSR count). The molecule has 0 spiro atoms. The van der Waals surface area contributed by atoms with Crippen molar-refractivity contribution in [3.8, 4) is 0 Å². The Labute approximate surface area is 194 Å². The van der Waals surface area contributed by atoms with Gasteiger partial charge in [0.1, 0.15) is 0 Å². The van der Waals surface area contributed by atoms with E-state index >= 15 is 0 Å². The molecule has 1 aliphatic rings. The molecular weight excluding hydrogens is 404 g/mol. The van der Waals surface area contributed by atoms with Crippen LogP contribution in [0.15, 0.2) is 55.1 Å². The van der Waals surface area contributed by atoms with E-state index in [2.05, 4.69) is 82.6 Å². The number of nitrogens with zero attached hydrogens (tertiary/aromatic N) is 2. The quantitative estimate of drug-likeness (QED) is 0.345. The molecule has 33 heavy (non-hydrogen) atoms. The number of aromatic nitrogens is 2. The Hall–Kier alpha value is -3.08. The van der Waals surface area contributed by atoms with Gasteiger partial charge in [-0.1, -0.05) is 56.0 Å². The van der Waals surface area contributed by atoms with Crippen molar-refractivity contribution in [3.63, 3.8) is 0 Å². The largest absolute Gasteiger partial charge is 0.339 e. The highest BCUT2D eigenvalue weighted by Crippen LogP contribution is 2.46. The van der Waals surface area contributed by atoms with Crippen molar-refractivity contribution in [2.24, 2.45) is 5.73 Å². The first-order valence-corrected chi connectivity index (χ1v) is 12.2. The SMILES string of the molecule is C=Cc1c(CNC)c2c3ccccc3n3c2c2c1c1ccccc1n2CCC(N)CC3CC. The van der Waals surface area contributed by atoms with E-state index in [0.29, 0.717) is 6.04 Å². The lowest BCUT2D eigenvalue weighted by atomic mass is 9.95. The Balaban J connectivity index is 1.99. The fourth-order valence-corrected chi connectivity index (χ4v) is 6.32. The van der Waals surface area contributed by atoms with Gasteiger partial charge in [-0.05, 0) is 49.6 Å². The molecule has 0 saturated heterocycles. The summed E-state index contributed by atoms with van der Waals surface area (Å²) in [5.41, 5.74) is 14.6. The van der Waals surface area contributed by atoms with Crippen LogP contribution in [-0.4, -0.2) is 22.2 Å². The maximum atomic E-state index is 6.74. The molecule has 1 aliphatic heterocycles. The zero-order chi connectivity index (χ0) is 22.7. The smallest absolute Gasteiger partial charge is 0.0745 e. The van der Waals surface area contributed by atoms with Gasteiger partial charge < -0.3 is 20.2 Å². The third kappa shape index (κ3) is 2.77. The molecule has 0 bridgehead atoms. The van der Waals surface area contributed by atoms with E-state index in [9.17, 15) is 0 Å². The highest BCUT2D eigenvalue weighted by molar-refractivity contribution is 6.26. The molecular formula is C29H32N4. The molecule has 4 heteroatoms. The molecule has 2 aromatic heterocycles. The maximum absolute atomic E-state index is 6.74. The van der Waals surface area contributed by atoms with Gasteiger partial charge in [0.15, 0.2) is 0 Å². The summed E-state index contributed by atoms with van der Waals surface area (Å²) in [6.45, 7) is 8.33. The third-order valence-electron chi connectivity index (χ3n) is 7.69. The van der Waals surface area contributed by atoms with Crippen LogP contribution < -0.4 is 11.1 Å². The van der Waals surface area contributed by atoms with Crippen LogP contribution in [0.1, 0.15) is 43.4 Å². The van der Waals surface area contributed by atoms with Gasteiger partial charge in [-0.2, -0.15) is 0 Å². The predicted molar refractivity (Wildman–Crippen MR) is 142 cm³/mol. The summed E-state index contributed by atoms with van der Waals surface area (Å²) in [4.78, 5) is 0. The number of para-hydroxylation sites is 2. The molecule has 168 valence electrons. The van der Waals surface area contributed by atoms with Gasteiger partial charge >= 0.3 is 0 Å². The van der Waals surface area contributed by atoms with Crippen molar-refractivity contribution >= 4 is 49.7 Å². The molecule has 2 atom stereocenters. The van der Waals surface area contributed by atoms with E-state index in [-0.39, 0.29) is 6.04 Å². The predicted octanol–water partition coefficient (Wildman–Crippen LogP) is 6.34. The summed E-state index contributed by atoms with van der Waals surface area (Å²) in [5, 5.41) is 8.77. The van der Waals surface area contributed by atoms with Crippen LogP contribution in [0.25, 0.3) is 49.7 Å². The Morgan fingerprint density at radius 3 is 2.42 bits per heavy atom. The highest BCUT2D eigenvalue weighted by Gasteiger charge is 2.29. The van der Waals surface area contributed by atoms with Crippen molar-refractivity contribution < 1.29 is 0 Å². The summed E-state index contributed by atoms with van der Waals surface area (Å²) in [5.74, 6) is 0. The van der Waals surface area contributed by atoms with Crippen molar-refractivity contribution in [1.82, 2.24) is 14.5 Å². The molecule has 3 N–H and O–H groups in total. The van der Waals surface area contributed by atoms with Crippen LogP contribution in [0.2, 0.25) is 0 Å². The normalized spacial score (nSPS) is 18.9. The second-order valence-corrected chi connectivity index (χ2v) is 9.48. The number of hydrogen-bond donors (Lipinski definition) is 2. The van der Waals surface area contributed by atoms with Crippen molar-refractivity contribution in [1.29, 1.82) is 0 Å². The molecule has 2 unspecified atom stereocenters. The summed E-state index contributed by atoms with van der Waals surface area (Å²) in [7, 11) is 2.04. The van der Waals surface area contributed by atoms with Crippen LogP contribution in [0, 0.1) is 0 Å². The lowest BCUT2D eigenvalue weighted by molar-refractivity contribution is 0.408. The van der Waals surface area contributed by atoms with E-state index in [1.54, 1.807) is 0 Å². The van der Waals surface area contributed by atoms with Crippen molar-refractivity contribution in [2.75, 3.05) is 7.05 Å². The average molecular weight is 437 g/mol. The van der Waals surface area contributed by atoms with E-state index in [4.69, 9.17) is 5.73 Å². The number of rotatable bonds is 4. The Morgan fingerprint density at radius 2 is 1.73 bits per heavy atom. The average Bonchev–Trinajstić information content (AvgIpc) is 3.36. The monoisotopic (exact) mass is 436 g/mol. The summed E-state index contributed by atoms with van der Waals surface area (Å²) >= 11 is 0. The van der Waals surface area contributed by atoms with E-state index < -0.39 is 0 Å². The molecule has 0 fully saturated rings. The molecule has 0 amide bonds. The molecule has 0 aliphatic carbocycles. The second-order valence-electron chi connectivity index (χ2n) is 9.48. The maximum Gasteiger partial charge on any atom is 0.0745 e. The zero-order valence-electron chi connectivity index (χ0n) is 19.6. The number of fused-ring (bicyclic) bond motifs is 6. The number of benzene rings is 3. The van der Waals surface area contributed by atoms with Crippen molar-refractivity contribution in [3.05, 3.63) is 66.2 Å². The van der Waals surface area contributed by atoms with Gasteiger partial charge in [0.05, 0.1) is 11.0 Å². The zero-order valence-corrected chi connectivity index (χ0v) is 19.6. The number of nitrogens with one attached hydrogen (secondary N) is 1. The van der Waals surface area contributed by atoms with Crippen molar-refractivity contribution in [2.45, 2.75) is 51.4 Å². The van der Waals surface area contributed by atoms with Gasteiger partial charge in [0.2, 0.25) is 0 Å². The van der Waals surface area contributed by atoms with Gasteiger partial charge in [-0.25, -0.2) is 0 Å². The number of nitrogens with two attached hydrogens (primary N) is 1. The van der Waals surface area contributed by atoms with E-state index in [1.165, 1.54) is 54.7 Å². The number of hydrogen-bond acceptors (Lipinski definition) is 2. The lowest BCUT2D eigenvalue weighted by Crippen LogP contribution is -2.25. The van der Waals surface area contributed by atoms with Gasteiger partial charge in [-0.15, -0.1) is 0 Å². The van der Waals surface area contributed by atoms with E-state index in [1.807, 2.05) is 7.05 Å². The van der Waals surface area contributed by atoms with E-state index in [0.717, 1.165) is 32.4 Å². The Bertz CT molecular complexity index is 1530. The Morgan fingerprint density at radius 1 is 1.03 bits per heavy atom. The summed E-state index contributed by atoms with van der Waals surface area (Å²) in [6.07, 6.45) is 5.11. The van der Waals surface area contributed by atoms with Gasteiger partial charge in [-0.3, -0.25) is 0 Å². The van der Waals surface area contributed by atoms with Gasteiger partial charge in [0, 0.05) is 57.8 Å². The second kappa shape index (κ2) is 7.75. The van der Waals surface area contributed by atoms with Gasteiger partial charge in [0.25, 0.3) is 0 Å². The minimum absolute atomic E-state index is 0.173. The summed E-state index contributed by atoms with van der Waals surface area (Å²) < 4.78 is 5.16. The first-order valence-electron chi connectivity index (χ1n) is 12.2. The van der Waals surface area contributed by atoms with Crippen LogP contribution in [0.4, 0.5) is 0 Å². The van der Waals surface area contributed by atoms with Crippen LogP contribution in [0.5, 0.6) is 0 Å². The minimum Gasteiger partial charge on any atom is -0.339 e. The molecule has 0 radical (unpaired) electrons. The molecule has 4 nitrogen and oxygen atoms in total. The van der Waals surface area contributed by atoms with Crippen LogP contribution in [-0.2, 0) is 13.1 Å². The third-order valence-corrected chi connectivity index (χ3v) is 7.69. The van der Waals surface area contributed by atoms with Crippen LogP contribution in [0.3, 0.4) is 0 Å². The van der Waals surface area contributed by atoms with Crippen LogP contribution >= 0.6 is 0 Å². The lowest BCUT2D eigenvalue weighted by Gasteiger charge is -2.23. The molecule has 5 aromatic rings. The minimum atomic E-state index is 0.173. The summed E-state index contributed by atoms with van der Waals surface area (Å²) in [6, 6.07) is 18.3.